The molecule has 3 heterocycles. The van der Waals surface area contributed by atoms with Gasteiger partial charge in [0, 0.05) is 11.5 Å². The molecule has 0 fully saturated rings. The van der Waals surface area contributed by atoms with Gasteiger partial charge in [0.15, 0.2) is 0 Å². The Kier molecular flexibility index (Phi) is 6.27. The SMILES string of the molecule is CC(C)[C@@H](Cn1nc(-c2cccs2)ccc1=O)NC(=O)Cn1ncc2ccccc2c1=O. The average Bonchev–Trinajstić information content (AvgIpc) is 3.32. The molecule has 0 radical (unpaired) electrons. The number of carbonyl (C=O) groups is 1. The average molecular weight is 450 g/mol. The second-order valence-corrected chi connectivity index (χ2v) is 8.78. The van der Waals surface area contributed by atoms with Gasteiger partial charge in [-0.05, 0) is 29.5 Å². The van der Waals surface area contributed by atoms with Gasteiger partial charge in [0.25, 0.3) is 11.1 Å². The Labute approximate surface area is 188 Å². The number of hydrogen-bond acceptors (Lipinski definition) is 6. The van der Waals surface area contributed by atoms with Crippen molar-refractivity contribution in [3.05, 3.63) is 80.8 Å². The van der Waals surface area contributed by atoms with Gasteiger partial charge < -0.3 is 5.32 Å². The summed E-state index contributed by atoms with van der Waals surface area (Å²) in [7, 11) is 0. The van der Waals surface area contributed by atoms with Crippen molar-refractivity contribution in [2.75, 3.05) is 0 Å². The Morgan fingerprint density at radius 1 is 1.06 bits per heavy atom. The minimum Gasteiger partial charge on any atom is -0.350 e. The molecule has 4 aromatic rings. The highest BCUT2D eigenvalue weighted by atomic mass is 32.1. The minimum atomic E-state index is -0.351. The molecule has 0 aliphatic heterocycles. The van der Waals surface area contributed by atoms with E-state index in [1.54, 1.807) is 41.8 Å². The molecular formula is C23H23N5O3S. The Morgan fingerprint density at radius 2 is 1.88 bits per heavy atom. The first-order chi connectivity index (χ1) is 15.4. The van der Waals surface area contributed by atoms with Gasteiger partial charge in [-0.3, -0.25) is 14.4 Å². The van der Waals surface area contributed by atoms with Gasteiger partial charge in [-0.1, -0.05) is 38.1 Å². The maximum atomic E-state index is 12.7. The molecule has 9 heteroatoms. The normalized spacial score (nSPS) is 12.2. The zero-order valence-corrected chi connectivity index (χ0v) is 18.6. The summed E-state index contributed by atoms with van der Waals surface area (Å²) in [6, 6.07) is 13.8. The lowest BCUT2D eigenvalue weighted by Gasteiger charge is -2.23. The topological polar surface area (TPSA) is 98.9 Å². The summed E-state index contributed by atoms with van der Waals surface area (Å²) >= 11 is 1.54. The molecule has 1 N–H and O–H groups in total. The number of thiophene rings is 1. The fraction of sp³-hybridized carbons (Fsp3) is 0.261. The molecule has 0 aliphatic rings. The molecule has 164 valence electrons. The van der Waals surface area contributed by atoms with E-state index in [1.165, 1.54) is 10.7 Å². The number of amides is 1. The number of nitrogens with zero attached hydrogens (tertiary/aromatic N) is 4. The van der Waals surface area contributed by atoms with Gasteiger partial charge in [0.05, 0.1) is 29.0 Å². The molecule has 8 nitrogen and oxygen atoms in total. The van der Waals surface area contributed by atoms with Crippen LogP contribution in [-0.4, -0.2) is 31.5 Å². The monoisotopic (exact) mass is 449 g/mol. The van der Waals surface area contributed by atoms with E-state index in [0.717, 1.165) is 14.9 Å². The zero-order chi connectivity index (χ0) is 22.7. The first kappa shape index (κ1) is 21.6. The van der Waals surface area contributed by atoms with Gasteiger partial charge in [-0.2, -0.15) is 10.2 Å². The van der Waals surface area contributed by atoms with Crippen molar-refractivity contribution in [2.24, 2.45) is 5.92 Å². The highest BCUT2D eigenvalue weighted by molar-refractivity contribution is 7.13. The largest absolute Gasteiger partial charge is 0.350 e. The quantitative estimate of drug-likeness (QED) is 0.467. The van der Waals surface area contributed by atoms with Crippen LogP contribution in [0.2, 0.25) is 0 Å². The second-order valence-electron chi connectivity index (χ2n) is 7.83. The fourth-order valence-corrected chi connectivity index (χ4v) is 4.06. The Balaban J connectivity index is 1.51. The molecule has 0 bridgehead atoms. The molecule has 32 heavy (non-hydrogen) atoms. The van der Waals surface area contributed by atoms with Gasteiger partial charge in [0.2, 0.25) is 5.91 Å². The molecular weight excluding hydrogens is 426 g/mol. The molecule has 0 saturated carbocycles. The van der Waals surface area contributed by atoms with Gasteiger partial charge in [0.1, 0.15) is 12.2 Å². The van der Waals surface area contributed by atoms with Crippen LogP contribution in [0.15, 0.2) is 69.7 Å². The predicted molar refractivity (Wildman–Crippen MR) is 125 cm³/mol. The molecule has 1 aromatic carbocycles. The maximum absolute atomic E-state index is 12.7. The van der Waals surface area contributed by atoms with Crippen molar-refractivity contribution in [1.82, 2.24) is 24.9 Å². The first-order valence-corrected chi connectivity index (χ1v) is 11.2. The molecule has 1 amide bonds. The van der Waals surface area contributed by atoms with Crippen LogP contribution in [0.4, 0.5) is 0 Å². The highest BCUT2D eigenvalue weighted by Crippen LogP contribution is 2.21. The van der Waals surface area contributed by atoms with Gasteiger partial charge in [-0.25, -0.2) is 9.36 Å². The number of benzene rings is 1. The summed E-state index contributed by atoms with van der Waals surface area (Å²) in [5.74, 6) is -0.310. The first-order valence-electron chi connectivity index (χ1n) is 10.3. The lowest BCUT2D eigenvalue weighted by atomic mass is 10.0. The number of nitrogens with one attached hydrogen (secondary N) is 1. The van der Waals surface area contributed by atoms with E-state index in [9.17, 15) is 14.4 Å². The Morgan fingerprint density at radius 3 is 2.62 bits per heavy atom. The van der Waals surface area contributed by atoms with E-state index in [2.05, 4.69) is 15.5 Å². The smallest absolute Gasteiger partial charge is 0.275 e. The van der Waals surface area contributed by atoms with Crippen molar-refractivity contribution >= 4 is 28.0 Å². The van der Waals surface area contributed by atoms with Crippen molar-refractivity contribution < 1.29 is 4.79 Å². The third-order valence-corrected chi connectivity index (χ3v) is 6.11. The van der Waals surface area contributed by atoms with Crippen molar-refractivity contribution in [2.45, 2.75) is 33.0 Å². The highest BCUT2D eigenvalue weighted by Gasteiger charge is 2.19. The summed E-state index contributed by atoms with van der Waals surface area (Å²) in [5.41, 5.74) is 0.152. The molecule has 3 aromatic heterocycles. The third kappa shape index (κ3) is 4.67. The van der Waals surface area contributed by atoms with Crippen molar-refractivity contribution in [1.29, 1.82) is 0 Å². The second kappa shape index (κ2) is 9.27. The van der Waals surface area contributed by atoms with Crippen LogP contribution in [0.25, 0.3) is 21.3 Å². The number of rotatable bonds is 7. The number of carbonyl (C=O) groups excluding carboxylic acids is 1. The summed E-state index contributed by atoms with van der Waals surface area (Å²) in [5, 5.41) is 14.7. The van der Waals surface area contributed by atoms with E-state index in [-0.39, 0.29) is 42.1 Å². The number of hydrogen-bond donors (Lipinski definition) is 1. The molecule has 0 saturated heterocycles. The summed E-state index contributed by atoms with van der Waals surface area (Å²) in [6.45, 7) is 3.94. The molecule has 0 spiro atoms. The molecule has 1 atom stereocenters. The molecule has 0 unspecified atom stereocenters. The zero-order valence-electron chi connectivity index (χ0n) is 17.8. The van der Waals surface area contributed by atoms with Gasteiger partial charge in [-0.15, -0.1) is 11.3 Å². The predicted octanol–water partition coefficient (Wildman–Crippen LogP) is 2.52. The fourth-order valence-electron chi connectivity index (χ4n) is 3.37. The van der Waals surface area contributed by atoms with Crippen LogP contribution in [0.1, 0.15) is 13.8 Å². The van der Waals surface area contributed by atoms with Crippen LogP contribution in [0.5, 0.6) is 0 Å². The van der Waals surface area contributed by atoms with Crippen LogP contribution in [0, 0.1) is 5.92 Å². The van der Waals surface area contributed by atoms with Crippen LogP contribution in [-0.2, 0) is 17.9 Å². The Bertz CT molecular complexity index is 1360. The van der Waals surface area contributed by atoms with E-state index in [4.69, 9.17) is 0 Å². The number of aromatic nitrogens is 4. The van der Waals surface area contributed by atoms with Crippen LogP contribution in [0.3, 0.4) is 0 Å². The third-order valence-electron chi connectivity index (χ3n) is 5.22. The summed E-state index contributed by atoms with van der Waals surface area (Å²) < 4.78 is 2.53. The van der Waals surface area contributed by atoms with Gasteiger partial charge >= 0.3 is 0 Å². The van der Waals surface area contributed by atoms with Crippen LogP contribution < -0.4 is 16.4 Å². The van der Waals surface area contributed by atoms with Crippen molar-refractivity contribution in [3.8, 4) is 10.6 Å². The number of fused-ring (bicyclic) bond motifs is 1. The standard InChI is InChI=1S/C23H23N5O3S/c1-15(2)19(13-27-22(30)10-9-18(26-27)20-8-5-11-32-20)25-21(29)14-28-23(31)17-7-4-3-6-16(17)12-24-28/h3-12,15,19H,13-14H2,1-2H3,(H,25,29)/t19-/m1/s1. The van der Waals surface area contributed by atoms with E-state index in [0.29, 0.717) is 11.1 Å². The van der Waals surface area contributed by atoms with E-state index >= 15 is 0 Å². The summed E-state index contributed by atoms with van der Waals surface area (Å²) in [6.07, 6.45) is 1.57. The van der Waals surface area contributed by atoms with Crippen molar-refractivity contribution in [3.63, 3.8) is 0 Å². The summed E-state index contributed by atoms with van der Waals surface area (Å²) in [4.78, 5) is 38.7. The molecule has 4 rings (SSSR count). The van der Waals surface area contributed by atoms with E-state index < -0.39 is 0 Å². The van der Waals surface area contributed by atoms with Crippen LogP contribution >= 0.6 is 11.3 Å². The lowest BCUT2D eigenvalue weighted by Crippen LogP contribution is -2.46. The van der Waals surface area contributed by atoms with E-state index in [1.807, 2.05) is 37.4 Å². The molecule has 0 aliphatic carbocycles. The Hall–Kier alpha value is -3.59. The minimum absolute atomic E-state index is 0.0410. The lowest BCUT2D eigenvalue weighted by molar-refractivity contribution is -0.123. The maximum Gasteiger partial charge on any atom is 0.275 e.